The SMILES string of the molecule is COCCn1c(Cc2ccc(-c3cccc(OCc4csc(C#N)c4)n3)cc2F)nc2ccc(C(=O)O)cc21. The van der Waals surface area contributed by atoms with Gasteiger partial charge in [0, 0.05) is 37.3 Å². The number of ether oxygens (including phenoxy) is 2. The first-order valence-electron chi connectivity index (χ1n) is 12.0. The van der Waals surface area contributed by atoms with Gasteiger partial charge in [-0.05, 0) is 47.3 Å². The number of aromatic nitrogens is 3. The Morgan fingerprint density at radius 1 is 1.15 bits per heavy atom. The van der Waals surface area contributed by atoms with Crippen molar-refractivity contribution in [2.45, 2.75) is 19.6 Å². The summed E-state index contributed by atoms with van der Waals surface area (Å²) in [6.07, 6.45) is 0.217. The number of carboxylic acid groups (broad SMARTS) is 1. The van der Waals surface area contributed by atoms with Crippen molar-refractivity contribution in [1.82, 2.24) is 14.5 Å². The molecule has 0 radical (unpaired) electrons. The number of carbonyl (C=O) groups is 1. The van der Waals surface area contributed by atoms with Crippen molar-refractivity contribution in [2.75, 3.05) is 13.7 Å². The molecule has 2 aromatic carbocycles. The van der Waals surface area contributed by atoms with Crippen molar-refractivity contribution >= 4 is 28.3 Å². The van der Waals surface area contributed by atoms with Gasteiger partial charge in [-0.2, -0.15) is 5.26 Å². The van der Waals surface area contributed by atoms with Crippen LogP contribution in [0.15, 0.2) is 66.0 Å². The van der Waals surface area contributed by atoms with Crippen LogP contribution >= 0.6 is 11.3 Å². The van der Waals surface area contributed by atoms with Crippen molar-refractivity contribution in [1.29, 1.82) is 5.26 Å². The molecule has 0 atom stereocenters. The van der Waals surface area contributed by atoms with Crippen LogP contribution in [0.25, 0.3) is 22.3 Å². The Labute approximate surface area is 227 Å². The lowest BCUT2D eigenvalue weighted by atomic mass is 10.1. The van der Waals surface area contributed by atoms with Gasteiger partial charge in [-0.1, -0.05) is 18.2 Å². The Morgan fingerprint density at radius 3 is 2.77 bits per heavy atom. The molecule has 0 aliphatic carbocycles. The summed E-state index contributed by atoms with van der Waals surface area (Å²) in [6, 6.07) is 18.9. The molecule has 39 heavy (non-hydrogen) atoms. The largest absolute Gasteiger partial charge is 0.478 e. The normalized spacial score (nSPS) is 11.0. The molecular formula is C29H23FN4O4S. The van der Waals surface area contributed by atoms with Crippen LogP contribution in [-0.4, -0.2) is 39.3 Å². The van der Waals surface area contributed by atoms with Crippen molar-refractivity contribution in [2.24, 2.45) is 0 Å². The maximum absolute atomic E-state index is 15.3. The molecule has 5 rings (SSSR count). The smallest absolute Gasteiger partial charge is 0.335 e. The summed E-state index contributed by atoms with van der Waals surface area (Å²) in [6.45, 7) is 1.12. The number of nitrogens with zero attached hydrogens (tertiary/aromatic N) is 4. The molecule has 3 heterocycles. The Balaban J connectivity index is 1.37. The summed E-state index contributed by atoms with van der Waals surface area (Å²) in [4.78, 5) is 21.2. The molecule has 8 nitrogen and oxygen atoms in total. The van der Waals surface area contributed by atoms with Gasteiger partial charge >= 0.3 is 5.97 Å². The van der Waals surface area contributed by atoms with Crippen LogP contribution in [0.4, 0.5) is 4.39 Å². The van der Waals surface area contributed by atoms with E-state index in [-0.39, 0.29) is 18.6 Å². The van der Waals surface area contributed by atoms with Crippen molar-refractivity contribution in [3.63, 3.8) is 0 Å². The van der Waals surface area contributed by atoms with E-state index in [0.717, 1.165) is 5.56 Å². The number of imidazole rings is 1. The molecule has 0 bridgehead atoms. The number of thiophene rings is 1. The van der Waals surface area contributed by atoms with Crippen LogP contribution in [-0.2, 0) is 24.3 Å². The zero-order valence-electron chi connectivity index (χ0n) is 20.9. The summed E-state index contributed by atoms with van der Waals surface area (Å²) >= 11 is 1.36. The number of pyridine rings is 1. The summed E-state index contributed by atoms with van der Waals surface area (Å²) in [7, 11) is 1.58. The number of methoxy groups -OCH3 is 1. The number of rotatable bonds is 10. The Morgan fingerprint density at radius 2 is 2.03 bits per heavy atom. The molecule has 0 amide bonds. The zero-order chi connectivity index (χ0) is 27.4. The number of halogens is 1. The molecule has 0 saturated heterocycles. The van der Waals surface area contributed by atoms with Crippen LogP contribution in [0, 0.1) is 17.1 Å². The molecule has 0 fully saturated rings. The van der Waals surface area contributed by atoms with Crippen LogP contribution < -0.4 is 4.74 Å². The first-order valence-corrected chi connectivity index (χ1v) is 12.9. The number of aromatic carboxylic acids is 1. The molecule has 0 spiro atoms. The highest BCUT2D eigenvalue weighted by molar-refractivity contribution is 7.10. The third-order valence-electron chi connectivity index (χ3n) is 6.16. The number of hydrogen-bond acceptors (Lipinski definition) is 7. The molecule has 0 unspecified atom stereocenters. The fourth-order valence-electron chi connectivity index (χ4n) is 4.22. The first kappa shape index (κ1) is 26.0. The van der Waals surface area contributed by atoms with Gasteiger partial charge in [0.25, 0.3) is 0 Å². The van der Waals surface area contributed by atoms with Gasteiger partial charge in [0.15, 0.2) is 0 Å². The van der Waals surface area contributed by atoms with Crippen LogP contribution in [0.5, 0.6) is 5.88 Å². The Bertz CT molecular complexity index is 1710. The lowest BCUT2D eigenvalue weighted by molar-refractivity contribution is 0.0697. The lowest BCUT2D eigenvalue weighted by Gasteiger charge is -2.11. The van der Waals surface area contributed by atoms with Gasteiger partial charge in [-0.25, -0.2) is 19.2 Å². The minimum Gasteiger partial charge on any atom is -0.478 e. The Kier molecular flexibility index (Phi) is 7.63. The number of carboxylic acids is 1. The number of hydrogen-bond donors (Lipinski definition) is 1. The minimum atomic E-state index is -1.03. The molecule has 0 aliphatic rings. The van der Waals surface area contributed by atoms with E-state index in [1.807, 2.05) is 9.95 Å². The average Bonchev–Trinajstić information content (AvgIpc) is 3.55. The van der Waals surface area contributed by atoms with Crippen LogP contribution in [0.3, 0.4) is 0 Å². The minimum absolute atomic E-state index is 0.157. The fourth-order valence-corrected chi connectivity index (χ4v) is 4.90. The summed E-state index contributed by atoms with van der Waals surface area (Å²) in [5.74, 6) is -0.422. The standard InChI is InChI=1S/C29H23FN4O4S/c1-37-10-9-34-26-13-21(29(35)36)7-8-25(26)32-27(34)14-19-5-6-20(12-23(19)30)24-3-2-4-28(33-24)38-16-18-11-22(15-31)39-17-18/h2-8,11-13,17H,9-10,14,16H2,1H3,(H,35,36). The summed E-state index contributed by atoms with van der Waals surface area (Å²) < 4.78 is 28.2. The van der Waals surface area contributed by atoms with E-state index in [2.05, 4.69) is 16.0 Å². The molecular weight excluding hydrogens is 519 g/mol. The van der Waals surface area contributed by atoms with Gasteiger partial charge in [0.2, 0.25) is 5.88 Å². The van der Waals surface area contributed by atoms with E-state index in [1.165, 1.54) is 23.5 Å². The number of nitriles is 1. The second-order valence-corrected chi connectivity index (χ2v) is 9.66. The fraction of sp³-hybridized carbons (Fsp3) is 0.172. The molecule has 10 heteroatoms. The van der Waals surface area contributed by atoms with Crippen molar-refractivity contribution in [3.8, 4) is 23.2 Å². The van der Waals surface area contributed by atoms with Gasteiger partial charge < -0.3 is 19.1 Å². The predicted octanol–water partition coefficient (Wildman–Crippen LogP) is 5.68. The summed E-state index contributed by atoms with van der Waals surface area (Å²) in [5, 5.41) is 20.2. The van der Waals surface area contributed by atoms with E-state index >= 15 is 4.39 Å². The summed E-state index contributed by atoms with van der Waals surface area (Å²) in [5.41, 5.74) is 3.95. The van der Waals surface area contributed by atoms with E-state index in [0.29, 0.717) is 57.6 Å². The molecule has 5 aromatic rings. The van der Waals surface area contributed by atoms with Crippen molar-refractivity contribution in [3.05, 3.63) is 99.3 Å². The molecule has 196 valence electrons. The highest BCUT2D eigenvalue weighted by Gasteiger charge is 2.16. The van der Waals surface area contributed by atoms with Gasteiger partial charge in [0.05, 0.1) is 28.9 Å². The van der Waals surface area contributed by atoms with Crippen LogP contribution in [0.2, 0.25) is 0 Å². The van der Waals surface area contributed by atoms with Gasteiger partial charge in [0.1, 0.15) is 29.2 Å². The second-order valence-electron chi connectivity index (χ2n) is 8.74. The van der Waals surface area contributed by atoms with E-state index in [1.54, 1.807) is 55.6 Å². The predicted molar refractivity (Wildman–Crippen MR) is 144 cm³/mol. The number of benzene rings is 2. The van der Waals surface area contributed by atoms with Crippen molar-refractivity contribution < 1.29 is 23.8 Å². The third-order valence-corrected chi connectivity index (χ3v) is 7.05. The number of fused-ring (bicyclic) bond motifs is 1. The van der Waals surface area contributed by atoms with E-state index < -0.39 is 11.8 Å². The van der Waals surface area contributed by atoms with E-state index in [4.69, 9.17) is 14.7 Å². The first-order chi connectivity index (χ1) is 18.9. The molecule has 3 aromatic heterocycles. The second kappa shape index (κ2) is 11.4. The maximum Gasteiger partial charge on any atom is 0.335 e. The quantitative estimate of drug-likeness (QED) is 0.242. The van der Waals surface area contributed by atoms with Gasteiger partial charge in [-0.3, -0.25) is 0 Å². The highest BCUT2D eigenvalue weighted by Crippen LogP contribution is 2.26. The monoisotopic (exact) mass is 542 g/mol. The molecule has 1 N–H and O–H groups in total. The highest BCUT2D eigenvalue weighted by atomic mass is 32.1. The topological polar surface area (TPSA) is 110 Å². The maximum atomic E-state index is 15.3. The van der Waals surface area contributed by atoms with Crippen LogP contribution in [0.1, 0.15) is 32.2 Å². The Hall–Kier alpha value is -4.59. The van der Waals surface area contributed by atoms with E-state index in [9.17, 15) is 9.90 Å². The lowest BCUT2D eigenvalue weighted by Crippen LogP contribution is -2.10. The third kappa shape index (κ3) is 5.80. The average molecular weight is 543 g/mol. The molecule has 0 saturated carbocycles. The zero-order valence-corrected chi connectivity index (χ0v) is 21.7. The van der Waals surface area contributed by atoms with Gasteiger partial charge in [-0.15, -0.1) is 11.3 Å². The molecule has 0 aliphatic heterocycles.